The fourth-order valence-corrected chi connectivity index (χ4v) is 3.72. The molecule has 0 spiro atoms. The van der Waals surface area contributed by atoms with Gasteiger partial charge in [-0.1, -0.05) is 30.3 Å². The molecule has 1 amide bonds. The molecule has 3 aromatic rings. The highest BCUT2D eigenvalue weighted by Gasteiger charge is 2.31. The molecule has 2 N–H and O–H groups in total. The fraction of sp³-hybridized carbons (Fsp3) is 0.273. The van der Waals surface area contributed by atoms with E-state index >= 15 is 0 Å². The average molecular weight is 376 g/mol. The van der Waals surface area contributed by atoms with E-state index in [4.69, 9.17) is 4.74 Å². The highest BCUT2D eigenvalue weighted by Crippen LogP contribution is 2.30. The van der Waals surface area contributed by atoms with Gasteiger partial charge in [0.1, 0.15) is 11.6 Å². The summed E-state index contributed by atoms with van der Waals surface area (Å²) in [5.74, 6) is 1.73. The van der Waals surface area contributed by atoms with E-state index in [1.54, 1.807) is 13.3 Å². The lowest BCUT2D eigenvalue weighted by atomic mass is 10.0. The van der Waals surface area contributed by atoms with E-state index in [0.717, 1.165) is 47.8 Å². The summed E-state index contributed by atoms with van der Waals surface area (Å²) >= 11 is 0. The molecule has 6 heteroatoms. The number of likely N-dealkylation sites (tertiary alicyclic amines) is 1. The molecule has 0 bridgehead atoms. The Bertz CT molecular complexity index is 922. The van der Waals surface area contributed by atoms with Gasteiger partial charge in [0.05, 0.1) is 19.7 Å². The number of H-pyrrole nitrogens is 1. The third-order valence-electron chi connectivity index (χ3n) is 5.16. The number of aromatic nitrogens is 2. The fourth-order valence-electron chi connectivity index (χ4n) is 3.72. The van der Waals surface area contributed by atoms with Crippen LogP contribution in [0.4, 0.5) is 5.69 Å². The zero-order valence-corrected chi connectivity index (χ0v) is 15.9. The van der Waals surface area contributed by atoms with Gasteiger partial charge < -0.3 is 15.0 Å². The van der Waals surface area contributed by atoms with E-state index in [2.05, 4.69) is 20.2 Å². The molecular weight excluding hydrogens is 352 g/mol. The number of amides is 1. The van der Waals surface area contributed by atoms with Crippen LogP contribution >= 0.6 is 0 Å². The summed E-state index contributed by atoms with van der Waals surface area (Å²) in [6.45, 7) is 1.56. The highest BCUT2D eigenvalue weighted by molar-refractivity contribution is 5.98. The third kappa shape index (κ3) is 3.92. The maximum Gasteiger partial charge on any atom is 0.241 e. The van der Waals surface area contributed by atoms with Gasteiger partial charge in [-0.3, -0.25) is 9.69 Å². The number of ether oxygens (including phenoxy) is 1. The Labute approximate surface area is 164 Å². The zero-order chi connectivity index (χ0) is 19.3. The lowest BCUT2D eigenvalue weighted by Gasteiger charge is -2.23. The lowest BCUT2D eigenvalue weighted by Crippen LogP contribution is -2.39. The predicted octanol–water partition coefficient (Wildman–Crippen LogP) is 3.69. The molecule has 1 fully saturated rings. The SMILES string of the molecule is COc1ccc(-c2ccccc2NC(=O)C2CCCN2Cc2ncc[nH]2)cc1. The molecule has 2 aromatic carbocycles. The first-order chi connectivity index (χ1) is 13.7. The van der Waals surface area contributed by atoms with Crippen molar-refractivity contribution in [3.8, 4) is 16.9 Å². The van der Waals surface area contributed by atoms with Gasteiger partial charge >= 0.3 is 0 Å². The number of hydrogen-bond acceptors (Lipinski definition) is 4. The summed E-state index contributed by atoms with van der Waals surface area (Å²) < 4.78 is 5.24. The Balaban J connectivity index is 1.51. The normalized spacial score (nSPS) is 16.8. The second-order valence-electron chi connectivity index (χ2n) is 6.93. The third-order valence-corrected chi connectivity index (χ3v) is 5.16. The van der Waals surface area contributed by atoms with Gasteiger partial charge in [-0.15, -0.1) is 0 Å². The number of nitrogens with one attached hydrogen (secondary N) is 2. The first kappa shape index (κ1) is 18.3. The van der Waals surface area contributed by atoms with Crippen LogP contribution in [0.3, 0.4) is 0 Å². The molecule has 28 heavy (non-hydrogen) atoms. The minimum atomic E-state index is -0.144. The monoisotopic (exact) mass is 376 g/mol. The second-order valence-corrected chi connectivity index (χ2v) is 6.93. The molecule has 0 aliphatic carbocycles. The van der Waals surface area contributed by atoms with Crippen molar-refractivity contribution >= 4 is 11.6 Å². The van der Waals surface area contributed by atoms with Gasteiger partial charge in [0.2, 0.25) is 5.91 Å². The van der Waals surface area contributed by atoms with Gasteiger partial charge in [-0.05, 0) is 43.1 Å². The molecule has 0 radical (unpaired) electrons. The number of aromatic amines is 1. The van der Waals surface area contributed by atoms with E-state index in [9.17, 15) is 4.79 Å². The molecule has 1 aliphatic rings. The standard InChI is InChI=1S/C22H24N4O2/c1-28-17-10-8-16(9-11-17)18-5-2-3-6-19(18)25-22(27)20-7-4-14-26(20)15-21-23-12-13-24-21/h2-3,5-6,8-13,20H,4,7,14-15H2,1H3,(H,23,24)(H,25,27). The average Bonchev–Trinajstić information content (AvgIpc) is 3.41. The molecule has 0 saturated carbocycles. The van der Waals surface area contributed by atoms with E-state index in [1.165, 1.54) is 0 Å². The van der Waals surface area contributed by atoms with Crippen LogP contribution in [-0.2, 0) is 11.3 Å². The van der Waals surface area contributed by atoms with E-state index in [1.807, 2.05) is 54.7 Å². The quantitative estimate of drug-likeness (QED) is 0.688. The molecule has 144 valence electrons. The van der Waals surface area contributed by atoms with Gasteiger partial charge in [-0.2, -0.15) is 0 Å². The van der Waals surface area contributed by atoms with Gasteiger partial charge in [0.25, 0.3) is 0 Å². The van der Waals surface area contributed by atoms with E-state index in [-0.39, 0.29) is 11.9 Å². The van der Waals surface area contributed by atoms with Crippen molar-refractivity contribution in [1.29, 1.82) is 0 Å². The number of methoxy groups -OCH3 is 1. The number of hydrogen-bond donors (Lipinski definition) is 2. The minimum Gasteiger partial charge on any atom is -0.497 e. The summed E-state index contributed by atoms with van der Waals surface area (Å²) in [6.07, 6.45) is 5.42. The van der Waals surface area contributed by atoms with Crippen LogP contribution in [0.5, 0.6) is 5.75 Å². The summed E-state index contributed by atoms with van der Waals surface area (Å²) in [5, 5.41) is 3.15. The Kier molecular flexibility index (Phi) is 5.39. The summed E-state index contributed by atoms with van der Waals surface area (Å²) in [4.78, 5) is 22.6. The highest BCUT2D eigenvalue weighted by atomic mass is 16.5. The first-order valence-corrected chi connectivity index (χ1v) is 9.51. The number of carbonyl (C=O) groups is 1. The summed E-state index contributed by atoms with van der Waals surface area (Å²) in [6, 6.07) is 15.6. The minimum absolute atomic E-state index is 0.0324. The lowest BCUT2D eigenvalue weighted by molar-refractivity contribution is -0.120. The molecule has 2 heterocycles. The number of para-hydroxylation sites is 1. The second kappa shape index (κ2) is 8.27. The van der Waals surface area contributed by atoms with Crippen molar-refractivity contribution in [2.75, 3.05) is 19.0 Å². The van der Waals surface area contributed by atoms with Crippen molar-refractivity contribution < 1.29 is 9.53 Å². The van der Waals surface area contributed by atoms with Crippen LogP contribution in [0.2, 0.25) is 0 Å². The van der Waals surface area contributed by atoms with Crippen molar-refractivity contribution in [3.05, 3.63) is 66.7 Å². The molecule has 1 aliphatic heterocycles. The molecule has 1 unspecified atom stereocenters. The van der Waals surface area contributed by atoms with Crippen LogP contribution in [0.25, 0.3) is 11.1 Å². The number of rotatable bonds is 6. The molecular formula is C22H24N4O2. The summed E-state index contributed by atoms with van der Waals surface area (Å²) in [7, 11) is 1.65. The maximum atomic E-state index is 13.0. The van der Waals surface area contributed by atoms with Crippen molar-refractivity contribution in [2.45, 2.75) is 25.4 Å². The molecule has 1 saturated heterocycles. The number of benzene rings is 2. The van der Waals surface area contributed by atoms with Gasteiger partial charge in [0, 0.05) is 23.6 Å². The zero-order valence-electron chi connectivity index (χ0n) is 15.9. The number of imidazole rings is 1. The Hall–Kier alpha value is -3.12. The van der Waals surface area contributed by atoms with Gasteiger partial charge in [-0.25, -0.2) is 4.98 Å². The van der Waals surface area contributed by atoms with Crippen molar-refractivity contribution in [1.82, 2.24) is 14.9 Å². The number of anilines is 1. The molecule has 1 aromatic heterocycles. The van der Waals surface area contributed by atoms with E-state index in [0.29, 0.717) is 6.54 Å². The smallest absolute Gasteiger partial charge is 0.241 e. The van der Waals surface area contributed by atoms with Crippen molar-refractivity contribution in [2.24, 2.45) is 0 Å². The first-order valence-electron chi connectivity index (χ1n) is 9.51. The van der Waals surface area contributed by atoms with E-state index < -0.39 is 0 Å². The topological polar surface area (TPSA) is 70.2 Å². The Morgan fingerprint density at radius 3 is 2.82 bits per heavy atom. The molecule has 6 nitrogen and oxygen atoms in total. The van der Waals surface area contributed by atoms with Crippen LogP contribution < -0.4 is 10.1 Å². The number of nitrogens with zero attached hydrogens (tertiary/aromatic N) is 2. The Morgan fingerprint density at radius 1 is 1.25 bits per heavy atom. The predicted molar refractivity (Wildman–Crippen MR) is 109 cm³/mol. The van der Waals surface area contributed by atoms with Crippen LogP contribution in [-0.4, -0.2) is 40.5 Å². The van der Waals surface area contributed by atoms with Crippen LogP contribution in [0.15, 0.2) is 60.9 Å². The van der Waals surface area contributed by atoms with Gasteiger partial charge in [0.15, 0.2) is 0 Å². The van der Waals surface area contributed by atoms with Crippen molar-refractivity contribution in [3.63, 3.8) is 0 Å². The summed E-state index contributed by atoms with van der Waals surface area (Å²) in [5.41, 5.74) is 2.85. The Morgan fingerprint density at radius 2 is 2.07 bits per heavy atom. The van der Waals surface area contributed by atoms with Crippen LogP contribution in [0, 0.1) is 0 Å². The number of carbonyl (C=O) groups excluding carboxylic acids is 1. The molecule has 1 atom stereocenters. The molecule has 4 rings (SSSR count). The maximum absolute atomic E-state index is 13.0. The largest absolute Gasteiger partial charge is 0.497 e. The van der Waals surface area contributed by atoms with Crippen LogP contribution in [0.1, 0.15) is 18.7 Å².